The monoisotopic (exact) mass is 446 g/mol. The van der Waals surface area contributed by atoms with Crippen molar-refractivity contribution in [2.45, 2.75) is 33.1 Å². The molecule has 1 aromatic rings. The molecule has 0 atom stereocenters. The zero-order chi connectivity index (χ0) is 17.9. The third-order valence-corrected chi connectivity index (χ3v) is 4.13. The van der Waals surface area contributed by atoms with Crippen molar-refractivity contribution in [2.24, 2.45) is 5.92 Å². The molecule has 2 N–H and O–H groups in total. The summed E-state index contributed by atoms with van der Waals surface area (Å²) in [5.41, 5.74) is 1.01. The van der Waals surface area contributed by atoms with Crippen LogP contribution in [-0.4, -0.2) is 38.6 Å². The second-order valence-electron chi connectivity index (χ2n) is 6.12. The number of amides is 2. The number of methoxy groups -OCH3 is 1. The summed E-state index contributed by atoms with van der Waals surface area (Å²) in [6.45, 7) is 5.96. The average molecular weight is 446 g/mol. The highest BCUT2D eigenvalue weighted by atomic mass is 127. The minimum absolute atomic E-state index is 0.135. The molecule has 2 amide bonds. The molecule has 1 rings (SSSR count). The Bertz CT molecular complexity index is 547. The molecule has 0 spiro atoms. The van der Waals surface area contributed by atoms with Crippen LogP contribution in [0.25, 0.3) is 0 Å². The number of halogens is 1. The molecule has 134 valence electrons. The van der Waals surface area contributed by atoms with Crippen LogP contribution in [0.15, 0.2) is 18.2 Å². The summed E-state index contributed by atoms with van der Waals surface area (Å²) in [5, 5.41) is 5.69. The number of benzene rings is 1. The van der Waals surface area contributed by atoms with E-state index in [1.54, 1.807) is 25.3 Å². The quantitative estimate of drug-likeness (QED) is 0.429. The van der Waals surface area contributed by atoms with Gasteiger partial charge in [-0.25, -0.2) is 0 Å². The molecule has 0 aromatic heterocycles. The fraction of sp³-hybridized carbons (Fsp3) is 0.556. The van der Waals surface area contributed by atoms with Gasteiger partial charge in [0.1, 0.15) is 0 Å². The van der Waals surface area contributed by atoms with E-state index < -0.39 is 0 Å². The lowest BCUT2D eigenvalue weighted by atomic mass is 10.1. The Balaban J connectivity index is 2.57. The molecule has 0 bridgehead atoms. The van der Waals surface area contributed by atoms with Crippen LogP contribution in [0.1, 0.15) is 53.8 Å². The van der Waals surface area contributed by atoms with E-state index in [4.69, 9.17) is 4.74 Å². The highest BCUT2D eigenvalue weighted by Crippen LogP contribution is 2.13. The van der Waals surface area contributed by atoms with Crippen LogP contribution in [0.3, 0.4) is 0 Å². The lowest BCUT2D eigenvalue weighted by Gasteiger charge is -2.09. The van der Waals surface area contributed by atoms with Gasteiger partial charge in [-0.3, -0.25) is 9.59 Å². The molecule has 0 aliphatic rings. The number of hydrogen-bond acceptors (Lipinski definition) is 3. The van der Waals surface area contributed by atoms with Gasteiger partial charge in [-0.1, -0.05) is 26.7 Å². The van der Waals surface area contributed by atoms with Crippen molar-refractivity contribution in [3.05, 3.63) is 32.9 Å². The smallest absolute Gasteiger partial charge is 0.251 e. The molecule has 0 aliphatic carbocycles. The van der Waals surface area contributed by atoms with Crippen LogP contribution in [-0.2, 0) is 4.74 Å². The Kier molecular flexibility index (Phi) is 9.94. The minimum Gasteiger partial charge on any atom is -0.383 e. The van der Waals surface area contributed by atoms with Gasteiger partial charge in [0, 0.05) is 34.9 Å². The number of nitrogens with one attached hydrogen (secondary N) is 2. The summed E-state index contributed by atoms with van der Waals surface area (Å²) in [6, 6.07) is 5.19. The van der Waals surface area contributed by atoms with E-state index in [9.17, 15) is 9.59 Å². The summed E-state index contributed by atoms with van der Waals surface area (Å²) in [5.74, 6) is 0.358. The van der Waals surface area contributed by atoms with Crippen LogP contribution in [0.5, 0.6) is 0 Å². The summed E-state index contributed by atoms with van der Waals surface area (Å²) in [7, 11) is 1.58. The first-order valence-corrected chi connectivity index (χ1v) is 9.38. The Morgan fingerprint density at radius 2 is 1.62 bits per heavy atom. The molecule has 0 fully saturated rings. The largest absolute Gasteiger partial charge is 0.383 e. The molecule has 0 saturated heterocycles. The first-order chi connectivity index (χ1) is 11.4. The van der Waals surface area contributed by atoms with Crippen LogP contribution in [0.2, 0.25) is 0 Å². The molecule has 0 saturated carbocycles. The lowest BCUT2D eigenvalue weighted by Crippen LogP contribution is -2.28. The van der Waals surface area contributed by atoms with Crippen molar-refractivity contribution >= 4 is 34.4 Å². The van der Waals surface area contributed by atoms with Gasteiger partial charge in [0.05, 0.1) is 6.61 Å². The lowest BCUT2D eigenvalue weighted by molar-refractivity contribution is 0.0937. The number of carbonyl (C=O) groups is 2. The topological polar surface area (TPSA) is 67.4 Å². The van der Waals surface area contributed by atoms with Gasteiger partial charge < -0.3 is 15.4 Å². The maximum atomic E-state index is 12.3. The maximum Gasteiger partial charge on any atom is 0.251 e. The number of carbonyl (C=O) groups excluding carboxylic acids is 2. The number of hydrogen-bond donors (Lipinski definition) is 2. The van der Waals surface area contributed by atoms with Crippen LogP contribution in [0, 0.1) is 9.49 Å². The van der Waals surface area contributed by atoms with E-state index in [-0.39, 0.29) is 11.8 Å². The molecule has 0 unspecified atom stereocenters. The molecular formula is C18H27IN2O3. The molecular weight excluding hydrogens is 419 g/mol. The minimum atomic E-state index is -0.198. The number of unbranched alkanes of at least 4 members (excludes halogenated alkanes) is 1. The van der Waals surface area contributed by atoms with E-state index in [0.717, 1.165) is 16.4 Å². The van der Waals surface area contributed by atoms with Crippen LogP contribution < -0.4 is 10.6 Å². The van der Waals surface area contributed by atoms with Crippen molar-refractivity contribution in [1.29, 1.82) is 0 Å². The average Bonchev–Trinajstić information content (AvgIpc) is 2.53. The predicted octanol–water partition coefficient (Wildman–Crippen LogP) is 3.22. The fourth-order valence-electron chi connectivity index (χ4n) is 2.20. The highest BCUT2D eigenvalue weighted by Gasteiger charge is 2.12. The Labute approximate surface area is 158 Å². The van der Waals surface area contributed by atoms with Crippen molar-refractivity contribution < 1.29 is 14.3 Å². The highest BCUT2D eigenvalue weighted by molar-refractivity contribution is 14.1. The SMILES string of the molecule is COCCNC(=O)c1cc(I)cc(C(=O)NCCCCC(C)C)c1. The molecule has 0 heterocycles. The van der Waals surface area contributed by atoms with E-state index >= 15 is 0 Å². The number of rotatable bonds is 10. The predicted molar refractivity (Wildman–Crippen MR) is 104 cm³/mol. The van der Waals surface area contributed by atoms with Gasteiger partial charge in [0.15, 0.2) is 0 Å². The van der Waals surface area contributed by atoms with Crippen molar-refractivity contribution in [3.63, 3.8) is 0 Å². The van der Waals surface area contributed by atoms with Gasteiger partial charge in [0.2, 0.25) is 0 Å². The second kappa shape index (κ2) is 11.4. The molecule has 0 aliphatic heterocycles. The van der Waals surface area contributed by atoms with E-state index in [2.05, 4.69) is 47.1 Å². The van der Waals surface area contributed by atoms with Crippen LogP contribution >= 0.6 is 22.6 Å². The van der Waals surface area contributed by atoms with E-state index in [1.165, 1.54) is 6.42 Å². The van der Waals surface area contributed by atoms with Gasteiger partial charge >= 0.3 is 0 Å². The van der Waals surface area contributed by atoms with Gasteiger partial charge in [-0.15, -0.1) is 0 Å². The third kappa shape index (κ3) is 8.10. The van der Waals surface area contributed by atoms with Gasteiger partial charge in [-0.2, -0.15) is 0 Å². The summed E-state index contributed by atoms with van der Waals surface area (Å²) in [6.07, 6.45) is 3.25. The first kappa shape index (κ1) is 20.9. The Morgan fingerprint density at radius 3 is 2.17 bits per heavy atom. The molecule has 24 heavy (non-hydrogen) atoms. The Hall–Kier alpha value is -1.15. The summed E-state index contributed by atoms with van der Waals surface area (Å²) in [4.78, 5) is 24.4. The fourth-order valence-corrected chi connectivity index (χ4v) is 2.87. The van der Waals surface area contributed by atoms with E-state index in [1.807, 2.05) is 0 Å². The second-order valence-corrected chi connectivity index (χ2v) is 7.37. The first-order valence-electron chi connectivity index (χ1n) is 8.30. The standard InChI is InChI=1S/C18H27IN2O3/c1-13(2)6-4-5-7-20-17(22)14-10-15(12-16(19)11-14)18(23)21-8-9-24-3/h10-13H,4-9H2,1-3H3,(H,20,22)(H,21,23). The Morgan fingerprint density at radius 1 is 1.04 bits per heavy atom. The third-order valence-electron chi connectivity index (χ3n) is 3.51. The maximum absolute atomic E-state index is 12.3. The zero-order valence-electron chi connectivity index (χ0n) is 14.7. The zero-order valence-corrected chi connectivity index (χ0v) is 16.8. The molecule has 6 heteroatoms. The van der Waals surface area contributed by atoms with Crippen molar-refractivity contribution in [1.82, 2.24) is 10.6 Å². The molecule has 5 nitrogen and oxygen atoms in total. The van der Waals surface area contributed by atoms with Gasteiger partial charge in [-0.05, 0) is 53.1 Å². The van der Waals surface area contributed by atoms with Crippen LogP contribution in [0.4, 0.5) is 0 Å². The summed E-state index contributed by atoms with van der Waals surface area (Å²) < 4.78 is 5.77. The molecule has 0 radical (unpaired) electrons. The normalized spacial score (nSPS) is 10.7. The van der Waals surface area contributed by atoms with Gasteiger partial charge in [0.25, 0.3) is 11.8 Å². The van der Waals surface area contributed by atoms with Crippen molar-refractivity contribution in [3.8, 4) is 0 Å². The summed E-state index contributed by atoms with van der Waals surface area (Å²) >= 11 is 2.12. The number of ether oxygens (including phenoxy) is 1. The van der Waals surface area contributed by atoms with E-state index in [0.29, 0.717) is 36.7 Å². The molecule has 1 aromatic carbocycles. The van der Waals surface area contributed by atoms with Crippen molar-refractivity contribution in [2.75, 3.05) is 26.8 Å².